The van der Waals surface area contributed by atoms with E-state index in [0.717, 1.165) is 11.3 Å². The second-order valence-electron chi connectivity index (χ2n) is 4.72. The molecular formula is C16H13FOS. The summed E-state index contributed by atoms with van der Waals surface area (Å²) in [6.45, 7) is 1.78. The molecule has 1 unspecified atom stereocenters. The summed E-state index contributed by atoms with van der Waals surface area (Å²) in [4.78, 5) is 13.8. The summed E-state index contributed by atoms with van der Waals surface area (Å²) in [5, 5.41) is 0. The second kappa shape index (κ2) is 4.82. The van der Waals surface area contributed by atoms with Gasteiger partial charge in [-0.2, -0.15) is 0 Å². The van der Waals surface area contributed by atoms with Crippen molar-refractivity contribution in [1.29, 1.82) is 0 Å². The summed E-state index contributed by atoms with van der Waals surface area (Å²) in [5.41, 5.74) is 2.43. The number of aryl methyl sites for hydroxylation is 1. The molecule has 2 aromatic carbocycles. The van der Waals surface area contributed by atoms with Gasteiger partial charge in [0.05, 0.1) is 5.92 Å². The summed E-state index contributed by atoms with van der Waals surface area (Å²) in [6, 6.07) is 12.4. The number of carbonyl (C=O) groups excluding carboxylic acids is 1. The van der Waals surface area contributed by atoms with Crippen LogP contribution in [0, 0.1) is 12.7 Å². The van der Waals surface area contributed by atoms with Gasteiger partial charge in [0, 0.05) is 16.2 Å². The molecule has 0 saturated heterocycles. The van der Waals surface area contributed by atoms with Gasteiger partial charge in [0.2, 0.25) is 0 Å². The molecule has 1 aliphatic rings. The molecule has 1 aliphatic heterocycles. The lowest BCUT2D eigenvalue weighted by atomic mass is 9.90. The number of Topliss-reactive ketones (excluding diaryl/α,β-unsaturated/α-hetero) is 1. The van der Waals surface area contributed by atoms with Crippen LogP contribution in [0.2, 0.25) is 0 Å². The molecule has 1 heterocycles. The van der Waals surface area contributed by atoms with E-state index in [2.05, 4.69) is 0 Å². The molecule has 96 valence electrons. The van der Waals surface area contributed by atoms with E-state index in [4.69, 9.17) is 0 Å². The number of carbonyl (C=O) groups is 1. The minimum absolute atomic E-state index is 0.0925. The molecule has 19 heavy (non-hydrogen) atoms. The van der Waals surface area contributed by atoms with Crippen LogP contribution in [-0.4, -0.2) is 11.5 Å². The highest BCUT2D eigenvalue weighted by atomic mass is 32.2. The Labute approximate surface area is 115 Å². The lowest BCUT2D eigenvalue weighted by Crippen LogP contribution is -2.13. The Kier molecular flexibility index (Phi) is 3.15. The molecule has 0 radical (unpaired) electrons. The average Bonchev–Trinajstić information content (AvgIpc) is 2.82. The molecule has 0 aliphatic carbocycles. The number of hydrogen-bond acceptors (Lipinski definition) is 2. The summed E-state index contributed by atoms with van der Waals surface area (Å²) in [5.74, 6) is 0.463. The van der Waals surface area contributed by atoms with Crippen LogP contribution in [0.3, 0.4) is 0 Å². The Morgan fingerprint density at radius 1 is 1.26 bits per heavy atom. The molecule has 0 amide bonds. The fraction of sp³-hybridized carbons (Fsp3) is 0.188. The van der Waals surface area contributed by atoms with Gasteiger partial charge < -0.3 is 0 Å². The van der Waals surface area contributed by atoms with Crippen molar-refractivity contribution in [2.24, 2.45) is 0 Å². The highest BCUT2D eigenvalue weighted by Gasteiger charge is 2.30. The fourth-order valence-electron chi connectivity index (χ4n) is 2.47. The normalized spacial score (nSPS) is 17.3. The monoisotopic (exact) mass is 272 g/mol. The van der Waals surface area contributed by atoms with Gasteiger partial charge in [-0.15, -0.1) is 11.8 Å². The van der Waals surface area contributed by atoms with Gasteiger partial charge in [0.15, 0.2) is 5.78 Å². The maximum absolute atomic E-state index is 13.1. The summed E-state index contributed by atoms with van der Waals surface area (Å²) < 4.78 is 13.1. The number of rotatable bonds is 2. The highest BCUT2D eigenvalue weighted by molar-refractivity contribution is 7.99. The maximum Gasteiger partial charge on any atom is 0.171 e. The second-order valence-corrected chi connectivity index (χ2v) is 5.79. The Morgan fingerprint density at radius 3 is 2.84 bits per heavy atom. The zero-order valence-corrected chi connectivity index (χ0v) is 11.3. The van der Waals surface area contributed by atoms with Gasteiger partial charge in [0.25, 0.3) is 0 Å². The minimum atomic E-state index is -0.296. The molecular weight excluding hydrogens is 259 g/mol. The number of fused-ring (bicyclic) bond motifs is 1. The van der Waals surface area contributed by atoms with Crippen LogP contribution in [0.4, 0.5) is 4.39 Å². The molecule has 2 aromatic rings. The van der Waals surface area contributed by atoms with Crippen LogP contribution in [0.5, 0.6) is 0 Å². The van der Waals surface area contributed by atoms with Crippen molar-refractivity contribution in [3.63, 3.8) is 0 Å². The molecule has 0 aromatic heterocycles. The Bertz CT molecular complexity index is 651. The van der Waals surface area contributed by atoms with Gasteiger partial charge in [-0.1, -0.05) is 18.2 Å². The first-order chi connectivity index (χ1) is 9.16. The van der Waals surface area contributed by atoms with E-state index in [9.17, 15) is 9.18 Å². The van der Waals surface area contributed by atoms with Gasteiger partial charge >= 0.3 is 0 Å². The van der Waals surface area contributed by atoms with E-state index in [-0.39, 0.29) is 17.5 Å². The Morgan fingerprint density at radius 2 is 2.05 bits per heavy atom. The lowest BCUT2D eigenvalue weighted by Gasteiger charge is -2.11. The zero-order chi connectivity index (χ0) is 13.4. The van der Waals surface area contributed by atoms with Gasteiger partial charge in [0.1, 0.15) is 5.82 Å². The van der Waals surface area contributed by atoms with Crippen molar-refractivity contribution in [1.82, 2.24) is 0 Å². The van der Waals surface area contributed by atoms with Crippen LogP contribution in [0.15, 0.2) is 47.4 Å². The largest absolute Gasteiger partial charge is 0.293 e. The number of benzene rings is 2. The van der Waals surface area contributed by atoms with Crippen LogP contribution >= 0.6 is 11.8 Å². The average molecular weight is 272 g/mol. The molecule has 3 rings (SSSR count). The predicted molar refractivity (Wildman–Crippen MR) is 75.4 cm³/mol. The van der Waals surface area contributed by atoms with E-state index < -0.39 is 0 Å². The topological polar surface area (TPSA) is 17.1 Å². The standard InChI is InChI=1S/C16H13FOS/c1-10-8-11(17)6-7-12(10)16(18)14-9-19-15-5-3-2-4-13(14)15/h2-8,14H,9H2,1H3. The van der Waals surface area contributed by atoms with Crippen LogP contribution in [-0.2, 0) is 0 Å². The van der Waals surface area contributed by atoms with Gasteiger partial charge in [-0.3, -0.25) is 4.79 Å². The van der Waals surface area contributed by atoms with Crippen LogP contribution in [0.1, 0.15) is 27.4 Å². The van der Waals surface area contributed by atoms with Gasteiger partial charge in [-0.05, 0) is 42.3 Å². The predicted octanol–water partition coefficient (Wildman–Crippen LogP) is 4.21. The van der Waals surface area contributed by atoms with Crippen molar-refractivity contribution in [2.45, 2.75) is 17.7 Å². The van der Waals surface area contributed by atoms with Crippen LogP contribution in [0.25, 0.3) is 0 Å². The third-order valence-corrected chi connectivity index (χ3v) is 4.65. The van der Waals surface area contributed by atoms with E-state index in [0.29, 0.717) is 11.1 Å². The molecule has 0 N–H and O–H groups in total. The number of hydrogen-bond donors (Lipinski definition) is 0. The maximum atomic E-state index is 13.1. The zero-order valence-electron chi connectivity index (χ0n) is 10.5. The Hall–Kier alpha value is -1.61. The molecule has 3 heteroatoms. The number of thioether (sulfide) groups is 1. The number of halogens is 1. The van der Waals surface area contributed by atoms with E-state index in [1.165, 1.54) is 17.0 Å². The highest BCUT2D eigenvalue weighted by Crippen LogP contribution is 2.41. The molecule has 1 atom stereocenters. The molecule has 0 fully saturated rings. The first-order valence-corrected chi connectivity index (χ1v) is 7.17. The van der Waals surface area contributed by atoms with E-state index in [1.54, 1.807) is 24.8 Å². The van der Waals surface area contributed by atoms with Crippen molar-refractivity contribution in [3.8, 4) is 0 Å². The summed E-state index contributed by atoms with van der Waals surface area (Å²) in [7, 11) is 0. The van der Waals surface area contributed by atoms with Gasteiger partial charge in [-0.25, -0.2) is 4.39 Å². The quantitative estimate of drug-likeness (QED) is 0.762. The first kappa shape index (κ1) is 12.4. The number of ketones is 1. The minimum Gasteiger partial charge on any atom is -0.293 e. The van der Waals surface area contributed by atoms with E-state index >= 15 is 0 Å². The smallest absolute Gasteiger partial charge is 0.171 e. The molecule has 0 saturated carbocycles. The first-order valence-electron chi connectivity index (χ1n) is 6.19. The van der Waals surface area contributed by atoms with Crippen molar-refractivity contribution in [3.05, 3.63) is 65.0 Å². The third-order valence-electron chi connectivity index (χ3n) is 3.47. The fourth-order valence-corrected chi connectivity index (χ4v) is 3.70. The van der Waals surface area contributed by atoms with E-state index in [1.807, 2.05) is 24.3 Å². The van der Waals surface area contributed by atoms with Crippen LogP contribution < -0.4 is 0 Å². The summed E-state index contributed by atoms with van der Waals surface area (Å²) in [6.07, 6.45) is 0. The molecule has 1 nitrogen and oxygen atoms in total. The third kappa shape index (κ3) is 2.19. The summed E-state index contributed by atoms with van der Waals surface area (Å²) >= 11 is 1.71. The van der Waals surface area contributed by atoms with Crippen molar-refractivity contribution in [2.75, 3.05) is 5.75 Å². The SMILES string of the molecule is Cc1cc(F)ccc1C(=O)C1CSc2ccccc21. The molecule has 0 bridgehead atoms. The van der Waals surface area contributed by atoms with Crippen molar-refractivity contribution >= 4 is 17.5 Å². The van der Waals surface area contributed by atoms with Crippen molar-refractivity contribution < 1.29 is 9.18 Å². The molecule has 0 spiro atoms. The Balaban J connectivity index is 1.98. The lowest BCUT2D eigenvalue weighted by molar-refractivity contribution is 0.0967.